The van der Waals surface area contributed by atoms with E-state index in [2.05, 4.69) is 53.4 Å². The van der Waals surface area contributed by atoms with Crippen LogP contribution in [0.15, 0.2) is 16.7 Å². The van der Waals surface area contributed by atoms with Gasteiger partial charge in [-0.3, -0.25) is 0 Å². The van der Waals surface area contributed by atoms with Crippen LogP contribution in [-0.4, -0.2) is 0 Å². The average Bonchev–Trinajstić information content (AvgIpc) is 1.96. The molecule has 0 amide bonds. The zero-order valence-electron chi connectivity index (χ0n) is 8.27. The van der Waals surface area contributed by atoms with Crippen molar-refractivity contribution in [3.05, 3.63) is 28.0 Å². The van der Waals surface area contributed by atoms with E-state index in [-0.39, 0.29) is 12.4 Å². The molecule has 0 aliphatic carbocycles. The first kappa shape index (κ1) is 12.9. The molecule has 0 aliphatic heterocycles. The Balaban J connectivity index is 0.00000144. The number of aromatic nitrogens is 1. The fraction of sp³-hybridized carbons (Fsp3) is 0.500. The third kappa shape index (κ3) is 3.28. The summed E-state index contributed by atoms with van der Waals surface area (Å²) in [6, 6.07) is 4.36. The van der Waals surface area contributed by atoms with Crippen molar-refractivity contribution in [2.24, 2.45) is 0 Å². The molecule has 1 aromatic heterocycles. The fourth-order valence-corrected chi connectivity index (χ4v) is 2.21. The lowest BCUT2D eigenvalue weighted by atomic mass is 10.2. The molecular formula is C10H15BrClN. The van der Waals surface area contributed by atoms with Crippen LogP contribution < -0.4 is 17.0 Å². The number of hydrogen-bond donors (Lipinski definition) is 0. The summed E-state index contributed by atoms with van der Waals surface area (Å²) in [6.07, 6.45) is 1.17. The summed E-state index contributed by atoms with van der Waals surface area (Å²) >= 11 is 3.56. The first-order valence-corrected chi connectivity index (χ1v) is 5.11. The number of hydrogen-bond acceptors (Lipinski definition) is 0. The second-order valence-corrected chi connectivity index (χ2v) is 3.96. The van der Waals surface area contributed by atoms with E-state index in [0.717, 1.165) is 6.54 Å². The average molecular weight is 265 g/mol. The van der Waals surface area contributed by atoms with Gasteiger partial charge in [0.15, 0.2) is 5.69 Å². The Morgan fingerprint density at radius 2 is 1.92 bits per heavy atom. The molecule has 1 rings (SSSR count). The van der Waals surface area contributed by atoms with Gasteiger partial charge in [-0.25, -0.2) is 0 Å². The van der Waals surface area contributed by atoms with Gasteiger partial charge in [-0.05, 0) is 12.5 Å². The lowest BCUT2D eigenvalue weighted by Gasteiger charge is -2.02. The van der Waals surface area contributed by atoms with Crippen molar-refractivity contribution < 1.29 is 17.0 Å². The van der Waals surface area contributed by atoms with Gasteiger partial charge in [-0.1, -0.05) is 6.92 Å². The Kier molecular flexibility index (Phi) is 5.57. The molecule has 1 aromatic rings. The van der Waals surface area contributed by atoms with Crippen LogP contribution >= 0.6 is 15.9 Å². The molecule has 1 heterocycles. The molecule has 3 heteroatoms. The van der Waals surface area contributed by atoms with Crippen LogP contribution in [0.3, 0.4) is 0 Å². The topological polar surface area (TPSA) is 3.88 Å². The maximum Gasteiger partial charge on any atom is 0.248 e. The summed E-state index contributed by atoms with van der Waals surface area (Å²) in [7, 11) is 0. The molecule has 0 bridgehead atoms. The van der Waals surface area contributed by atoms with Crippen molar-refractivity contribution in [1.29, 1.82) is 0 Å². The number of pyridine rings is 1. The number of aryl methyl sites for hydroxylation is 2. The van der Waals surface area contributed by atoms with Crippen molar-refractivity contribution in [3.8, 4) is 0 Å². The van der Waals surface area contributed by atoms with Gasteiger partial charge in [0.1, 0.15) is 6.54 Å². The molecule has 0 fully saturated rings. The minimum absolute atomic E-state index is 0. The van der Waals surface area contributed by atoms with Gasteiger partial charge < -0.3 is 12.4 Å². The molecule has 1 nitrogen and oxygen atoms in total. The molecule has 0 saturated heterocycles. The van der Waals surface area contributed by atoms with Crippen LogP contribution in [0.25, 0.3) is 0 Å². The first-order valence-electron chi connectivity index (χ1n) is 4.31. The third-order valence-corrected chi connectivity index (χ3v) is 2.57. The van der Waals surface area contributed by atoms with E-state index in [4.69, 9.17) is 0 Å². The largest absolute Gasteiger partial charge is 1.00 e. The predicted molar refractivity (Wildman–Crippen MR) is 54.1 cm³/mol. The number of nitrogens with zero attached hydrogens (tertiary/aromatic N) is 1. The Labute approximate surface area is 94.7 Å². The van der Waals surface area contributed by atoms with Gasteiger partial charge in [0, 0.05) is 41.4 Å². The Morgan fingerprint density at radius 3 is 2.38 bits per heavy atom. The van der Waals surface area contributed by atoms with Gasteiger partial charge in [0.05, 0.1) is 0 Å². The summed E-state index contributed by atoms with van der Waals surface area (Å²) in [5.74, 6) is 0. The normalized spacial score (nSPS) is 9.54. The Hall–Kier alpha value is -0.0800. The lowest BCUT2D eigenvalue weighted by molar-refractivity contribution is -0.713. The molecule has 0 spiro atoms. The van der Waals surface area contributed by atoms with Crippen molar-refractivity contribution in [2.75, 3.05) is 0 Å². The van der Waals surface area contributed by atoms with Gasteiger partial charge in [-0.15, -0.1) is 0 Å². The van der Waals surface area contributed by atoms with E-state index in [1.165, 1.54) is 22.3 Å². The Bertz CT molecular complexity index is 263. The van der Waals surface area contributed by atoms with Crippen LogP contribution in [0.2, 0.25) is 0 Å². The van der Waals surface area contributed by atoms with Crippen molar-refractivity contribution >= 4 is 15.9 Å². The second-order valence-electron chi connectivity index (χ2n) is 3.15. The van der Waals surface area contributed by atoms with Gasteiger partial charge in [0.25, 0.3) is 0 Å². The quantitative estimate of drug-likeness (QED) is 0.513. The molecule has 0 aliphatic rings. The van der Waals surface area contributed by atoms with Crippen LogP contribution in [-0.2, 0) is 6.54 Å². The maximum absolute atomic E-state index is 3.56. The van der Waals surface area contributed by atoms with E-state index in [0.29, 0.717) is 0 Å². The van der Waals surface area contributed by atoms with Gasteiger partial charge >= 0.3 is 0 Å². The smallest absolute Gasteiger partial charge is 0.248 e. The highest BCUT2D eigenvalue weighted by molar-refractivity contribution is 9.10. The summed E-state index contributed by atoms with van der Waals surface area (Å²) in [5.41, 5.74) is 2.63. The minimum atomic E-state index is 0. The van der Waals surface area contributed by atoms with Crippen LogP contribution in [0.5, 0.6) is 0 Å². The molecule has 13 heavy (non-hydrogen) atoms. The minimum Gasteiger partial charge on any atom is -1.00 e. The zero-order valence-corrected chi connectivity index (χ0v) is 10.6. The zero-order chi connectivity index (χ0) is 9.14. The molecule has 0 saturated carbocycles. The maximum atomic E-state index is 3.56. The molecule has 0 unspecified atom stereocenters. The second kappa shape index (κ2) is 5.61. The molecule has 74 valence electrons. The highest BCUT2D eigenvalue weighted by Crippen LogP contribution is 2.08. The van der Waals surface area contributed by atoms with E-state index >= 15 is 0 Å². The van der Waals surface area contributed by atoms with Crippen molar-refractivity contribution in [2.45, 2.75) is 33.7 Å². The van der Waals surface area contributed by atoms with E-state index < -0.39 is 0 Å². The molecule has 0 radical (unpaired) electrons. The van der Waals surface area contributed by atoms with Crippen molar-refractivity contribution in [1.82, 2.24) is 0 Å². The summed E-state index contributed by atoms with van der Waals surface area (Å²) in [4.78, 5) is 0. The van der Waals surface area contributed by atoms with Crippen LogP contribution in [0, 0.1) is 13.8 Å². The first-order chi connectivity index (χ1) is 5.65. The van der Waals surface area contributed by atoms with E-state index in [1.54, 1.807) is 0 Å². The summed E-state index contributed by atoms with van der Waals surface area (Å²) in [5, 5.41) is 0. The summed E-state index contributed by atoms with van der Waals surface area (Å²) in [6.45, 7) is 7.55. The lowest BCUT2D eigenvalue weighted by Crippen LogP contribution is -3.00. The van der Waals surface area contributed by atoms with Gasteiger partial charge in [0.2, 0.25) is 4.60 Å². The molecule has 0 N–H and O–H groups in total. The SMILES string of the molecule is CCC[n+]1c(C)cc(C)cc1Br.[Cl-]. The fourth-order valence-electron chi connectivity index (χ4n) is 1.39. The molecule has 0 aromatic carbocycles. The predicted octanol–water partition coefficient (Wildman–Crippen LogP) is -0.233. The highest BCUT2D eigenvalue weighted by atomic mass is 79.9. The number of halogens is 2. The monoisotopic (exact) mass is 263 g/mol. The highest BCUT2D eigenvalue weighted by Gasteiger charge is 2.10. The molecule has 0 atom stereocenters. The summed E-state index contributed by atoms with van der Waals surface area (Å²) < 4.78 is 3.47. The molecular weight excluding hydrogens is 249 g/mol. The van der Waals surface area contributed by atoms with E-state index in [1.807, 2.05) is 0 Å². The standard InChI is InChI=1S/C10H15BrN.ClH/c1-4-5-12-9(3)6-8(2)7-10(12)11;/h6-7H,4-5H2,1-3H3;1H/q+1;/p-1. The van der Waals surface area contributed by atoms with Crippen molar-refractivity contribution in [3.63, 3.8) is 0 Å². The van der Waals surface area contributed by atoms with Gasteiger partial charge in [-0.2, -0.15) is 4.57 Å². The van der Waals surface area contributed by atoms with E-state index in [9.17, 15) is 0 Å². The number of rotatable bonds is 2. The third-order valence-electron chi connectivity index (χ3n) is 1.91. The van der Waals surface area contributed by atoms with Crippen LogP contribution in [0.4, 0.5) is 0 Å². The van der Waals surface area contributed by atoms with Crippen LogP contribution in [0.1, 0.15) is 24.6 Å². The Morgan fingerprint density at radius 1 is 1.31 bits per heavy atom.